The number of hydrogen-bond donors (Lipinski definition) is 0. The van der Waals surface area contributed by atoms with Gasteiger partial charge in [0.1, 0.15) is 0 Å². The first-order valence-corrected chi connectivity index (χ1v) is 6.66. The highest BCUT2D eigenvalue weighted by molar-refractivity contribution is 5.91. The summed E-state index contributed by atoms with van der Waals surface area (Å²) in [6, 6.07) is 5.01. The molecule has 2 rings (SSSR count). The Bertz CT molecular complexity index is 487. The lowest BCUT2D eigenvalue weighted by Crippen LogP contribution is -2.46. The zero-order chi connectivity index (χ0) is 13.7. The van der Waals surface area contributed by atoms with E-state index >= 15 is 0 Å². The van der Waals surface area contributed by atoms with Crippen LogP contribution < -0.4 is 4.73 Å². The van der Waals surface area contributed by atoms with Crippen molar-refractivity contribution in [1.29, 1.82) is 0 Å². The maximum Gasteiger partial charge on any atom is 0.321 e. The van der Waals surface area contributed by atoms with Gasteiger partial charge in [-0.15, -0.1) is 6.42 Å². The second-order valence-electron chi connectivity index (χ2n) is 4.84. The molecular weight excluding hydrogens is 240 g/mol. The molecule has 1 aliphatic carbocycles. The maximum atomic E-state index is 12.5. The van der Waals surface area contributed by atoms with Crippen LogP contribution in [0.25, 0.3) is 0 Å². The fraction of sp³-hybridized carbons (Fsp3) is 0.467. The first-order chi connectivity index (χ1) is 9.24. The molecule has 1 saturated carbocycles. The average Bonchev–Trinajstić information content (AvgIpc) is 2.45. The van der Waals surface area contributed by atoms with Gasteiger partial charge in [-0.05, 0) is 18.9 Å². The summed E-state index contributed by atoms with van der Waals surface area (Å²) >= 11 is 0. The van der Waals surface area contributed by atoms with Gasteiger partial charge in [-0.2, -0.15) is 4.73 Å². The molecule has 0 spiro atoms. The van der Waals surface area contributed by atoms with Crippen LogP contribution in [-0.2, 0) is 0 Å². The summed E-state index contributed by atoms with van der Waals surface area (Å²) in [6.07, 6.45) is 12.1. The van der Waals surface area contributed by atoms with Crippen LogP contribution in [0.15, 0.2) is 24.4 Å². The second kappa shape index (κ2) is 6.24. The highest BCUT2D eigenvalue weighted by atomic mass is 16.5. The van der Waals surface area contributed by atoms with Gasteiger partial charge in [-0.1, -0.05) is 25.2 Å². The zero-order valence-electron chi connectivity index (χ0n) is 10.9. The molecule has 100 valence electrons. The molecule has 0 bridgehead atoms. The van der Waals surface area contributed by atoms with Crippen molar-refractivity contribution in [1.82, 2.24) is 4.90 Å². The normalized spacial score (nSPS) is 15.7. The molecular formula is C15H18N2O2. The molecule has 19 heavy (non-hydrogen) atoms. The molecule has 0 aliphatic heterocycles. The molecule has 1 aromatic heterocycles. The number of rotatable bonds is 3. The van der Waals surface area contributed by atoms with E-state index in [9.17, 15) is 10.0 Å². The number of terminal acetylenes is 1. The van der Waals surface area contributed by atoms with E-state index in [-0.39, 0.29) is 24.2 Å². The summed E-state index contributed by atoms with van der Waals surface area (Å²) in [5.74, 6) is 2.27. The van der Waals surface area contributed by atoms with Crippen LogP contribution in [0.2, 0.25) is 0 Å². The molecule has 0 N–H and O–H groups in total. The van der Waals surface area contributed by atoms with E-state index in [0.29, 0.717) is 4.73 Å². The molecule has 0 saturated heterocycles. The Labute approximate surface area is 113 Å². The molecule has 1 fully saturated rings. The molecule has 0 radical (unpaired) electrons. The third-order valence-electron chi connectivity index (χ3n) is 3.58. The molecule has 1 aliphatic rings. The van der Waals surface area contributed by atoms with Crippen LogP contribution in [0.4, 0.5) is 0 Å². The second-order valence-corrected chi connectivity index (χ2v) is 4.84. The molecule has 4 nitrogen and oxygen atoms in total. The predicted molar refractivity (Wildman–Crippen MR) is 72.1 cm³/mol. The Balaban J connectivity index is 2.21. The molecule has 0 aromatic carbocycles. The number of hydrogen-bond acceptors (Lipinski definition) is 2. The molecule has 1 aromatic rings. The predicted octanol–water partition coefficient (Wildman–Crippen LogP) is 1.73. The van der Waals surface area contributed by atoms with Crippen molar-refractivity contribution in [2.24, 2.45) is 0 Å². The van der Waals surface area contributed by atoms with Crippen molar-refractivity contribution in [2.45, 2.75) is 38.1 Å². The minimum absolute atomic E-state index is 0.142. The van der Waals surface area contributed by atoms with Gasteiger partial charge >= 0.3 is 5.91 Å². The summed E-state index contributed by atoms with van der Waals surface area (Å²) in [5.41, 5.74) is 0.142. The van der Waals surface area contributed by atoms with E-state index < -0.39 is 0 Å². The van der Waals surface area contributed by atoms with Gasteiger partial charge in [-0.25, -0.2) is 0 Å². The lowest BCUT2D eigenvalue weighted by atomic mass is 9.94. The first-order valence-electron chi connectivity index (χ1n) is 6.66. The fourth-order valence-electron chi connectivity index (χ4n) is 2.60. The highest BCUT2D eigenvalue weighted by Gasteiger charge is 2.29. The SMILES string of the molecule is C#CCN(C(=O)c1cccc[n+]1[O-])C1CCCCC1. The van der Waals surface area contributed by atoms with Crippen LogP contribution in [0.3, 0.4) is 0 Å². The van der Waals surface area contributed by atoms with Crippen molar-refractivity contribution < 1.29 is 9.52 Å². The summed E-state index contributed by atoms with van der Waals surface area (Å²) in [4.78, 5) is 14.1. The van der Waals surface area contributed by atoms with Gasteiger partial charge in [0.25, 0.3) is 5.69 Å². The van der Waals surface area contributed by atoms with E-state index in [2.05, 4.69) is 5.92 Å². The number of amides is 1. The van der Waals surface area contributed by atoms with Crippen molar-refractivity contribution in [3.05, 3.63) is 35.3 Å². The summed E-state index contributed by atoms with van der Waals surface area (Å²) in [7, 11) is 0. The minimum Gasteiger partial charge on any atom is -0.618 e. The largest absolute Gasteiger partial charge is 0.618 e. The fourth-order valence-corrected chi connectivity index (χ4v) is 2.60. The van der Waals surface area contributed by atoms with Crippen molar-refractivity contribution in [2.75, 3.05) is 6.54 Å². The molecule has 0 atom stereocenters. The van der Waals surface area contributed by atoms with Crippen molar-refractivity contribution in [3.63, 3.8) is 0 Å². The summed E-state index contributed by atoms with van der Waals surface area (Å²) < 4.78 is 0.606. The van der Waals surface area contributed by atoms with E-state index in [4.69, 9.17) is 6.42 Å². The first kappa shape index (κ1) is 13.4. The Hall–Kier alpha value is -2.02. The number of nitrogens with zero attached hydrogens (tertiary/aromatic N) is 2. The molecule has 1 amide bonds. The number of pyridine rings is 1. The third-order valence-corrected chi connectivity index (χ3v) is 3.58. The highest BCUT2D eigenvalue weighted by Crippen LogP contribution is 2.23. The summed E-state index contributed by atoms with van der Waals surface area (Å²) in [5, 5.41) is 11.7. The Morgan fingerprint density at radius 1 is 1.42 bits per heavy atom. The van der Waals surface area contributed by atoms with Crippen molar-refractivity contribution in [3.8, 4) is 12.3 Å². The van der Waals surface area contributed by atoms with Crippen LogP contribution in [0.1, 0.15) is 42.6 Å². The van der Waals surface area contributed by atoms with E-state index in [1.165, 1.54) is 12.6 Å². The third kappa shape index (κ3) is 3.05. The Kier molecular flexibility index (Phi) is 4.40. The smallest absolute Gasteiger partial charge is 0.321 e. The van der Waals surface area contributed by atoms with Gasteiger partial charge in [0.05, 0.1) is 6.54 Å². The standard InChI is InChI=1S/C15H18N2O2/c1-2-11-16(13-8-4-3-5-9-13)15(18)14-10-6-7-12-17(14)19/h1,6-7,10,12-13H,3-5,8-9,11H2. The Morgan fingerprint density at radius 3 is 2.79 bits per heavy atom. The lowest BCUT2D eigenvalue weighted by Gasteiger charge is -2.32. The zero-order valence-corrected chi connectivity index (χ0v) is 10.9. The molecule has 4 heteroatoms. The van der Waals surface area contributed by atoms with Crippen LogP contribution >= 0.6 is 0 Å². The molecule has 1 heterocycles. The minimum atomic E-state index is -0.263. The number of carbonyl (C=O) groups excluding carboxylic acids is 1. The number of carbonyl (C=O) groups is 1. The van der Waals surface area contributed by atoms with Gasteiger partial charge < -0.3 is 10.1 Å². The monoisotopic (exact) mass is 258 g/mol. The quantitative estimate of drug-likeness (QED) is 0.471. The topological polar surface area (TPSA) is 47.2 Å². The summed E-state index contributed by atoms with van der Waals surface area (Å²) in [6.45, 7) is 0.262. The number of aromatic nitrogens is 1. The van der Waals surface area contributed by atoms with Gasteiger partial charge in [0.15, 0.2) is 6.20 Å². The van der Waals surface area contributed by atoms with Gasteiger partial charge in [0.2, 0.25) is 0 Å². The van der Waals surface area contributed by atoms with E-state index in [0.717, 1.165) is 25.7 Å². The van der Waals surface area contributed by atoms with Gasteiger partial charge in [-0.3, -0.25) is 4.79 Å². The van der Waals surface area contributed by atoms with Crippen LogP contribution in [-0.4, -0.2) is 23.4 Å². The van der Waals surface area contributed by atoms with E-state index in [1.807, 2.05) is 0 Å². The van der Waals surface area contributed by atoms with Crippen LogP contribution in [0.5, 0.6) is 0 Å². The van der Waals surface area contributed by atoms with Crippen LogP contribution in [0, 0.1) is 17.6 Å². The Morgan fingerprint density at radius 2 is 2.16 bits per heavy atom. The van der Waals surface area contributed by atoms with Gasteiger partial charge in [0, 0.05) is 18.2 Å². The van der Waals surface area contributed by atoms with Crippen molar-refractivity contribution >= 4 is 5.91 Å². The molecule has 0 unspecified atom stereocenters. The van der Waals surface area contributed by atoms with E-state index in [1.54, 1.807) is 23.1 Å². The average molecular weight is 258 g/mol. The maximum absolute atomic E-state index is 12.5. The lowest BCUT2D eigenvalue weighted by molar-refractivity contribution is -0.608.